The third-order valence-electron chi connectivity index (χ3n) is 3.21. The second-order valence-corrected chi connectivity index (χ2v) is 5.76. The fourth-order valence-electron chi connectivity index (χ4n) is 1.95. The molecular formula is C14H21N3. The number of anilines is 1. The molecule has 17 heavy (non-hydrogen) atoms. The third kappa shape index (κ3) is 2.84. The summed E-state index contributed by atoms with van der Waals surface area (Å²) in [6.07, 6.45) is 2.14. The van der Waals surface area contributed by atoms with Crippen molar-refractivity contribution in [3.8, 4) is 0 Å². The summed E-state index contributed by atoms with van der Waals surface area (Å²) in [5.41, 5.74) is 2.46. The predicted octanol–water partition coefficient (Wildman–Crippen LogP) is 2.93. The van der Waals surface area contributed by atoms with Gasteiger partial charge in [-0.3, -0.25) is 0 Å². The van der Waals surface area contributed by atoms with Crippen molar-refractivity contribution in [1.29, 1.82) is 0 Å². The van der Waals surface area contributed by atoms with E-state index in [0.717, 1.165) is 37.4 Å². The van der Waals surface area contributed by atoms with Gasteiger partial charge in [0.25, 0.3) is 0 Å². The first-order chi connectivity index (χ1) is 7.97. The van der Waals surface area contributed by atoms with E-state index in [4.69, 9.17) is 0 Å². The highest BCUT2D eigenvalue weighted by Crippen LogP contribution is 2.23. The zero-order chi connectivity index (χ0) is 12.5. The fourth-order valence-corrected chi connectivity index (χ4v) is 1.95. The molecule has 1 saturated heterocycles. The molecule has 0 radical (unpaired) electrons. The van der Waals surface area contributed by atoms with Gasteiger partial charge in [0.1, 0.15) is 0 Å². The Morgan fingerprint density at radius 3 is 2.24 bits per heavy atom. The van der Waals surface area contributed by atoms with Crippen molar-refractivity contribution >= 4 is 5.82 Å². The molecular weight excluding hydrogens is 210 g/mol. The first-order valence-electron chi connectivity index (χ1n) is 6.22. The lowest BCUT2D eigenvalue weighted by molar-refractivity contribution is 0.556. The molecule has 3 heteroatoms. The average Bonchev–Trinajstić information content (AvgIpc) is 2.29. The summed E-state index contributed by atoms with van der Waals surface area (Å²) in [7, 11) is 0. The summed E-state index contributed by atoms with van der Waals surface area (Å²) in [5.74, 6) is 0.991. The van der Waals surface area contributed by atoms with Crippen LogP contribution in [0.15, 0.2) is 24.3 Å². The number of hydrogen-bond acceptors (Lipinski definition) is 3. The Morgan fingerprint density at radius 1 is 1.12 bits per heavy atom. The predicted molar refractivity (Wildman–Crippen MR) is 71.3 cm³/mol. The second kappa shape index (κ2) is 4.47. The highest BCUT2D eigenvalue weighted by Gasteiger charge is 2.18. The quantitative estimate of drug-likeness (QED) is 0.696. The van der Waals surface area contributed by atoms with E-state index in [9.17, 15) is 0 Å². The molecule has 0 atom stereocenters. The largest absolute Gasteiger partial charge is 0.354 e. The van der Waals surface area contributed by atoms with Crippen LogP contribution in [0.3, 0.4) is 0 Å². The Balaban J connectivity index is 2.10. The molecule has 0 saturated carbocycles. The SMILES string of the molecule is C=C1CCN(c2ccc(C(C)(C)C)nn2)CC1. The van der Waals surface area contributed by atoms with Crippen LogP contribution in [0.5, 0.6) is 0 Å². The molecule has 0 N–H and O–H groups in total. The van der Waals surface area contributed by atoms with Crippen molar-refractivity contribution < 1.29 is 0 Å². The molecule has 0 unspecified atom stereocenters. The first-order valence-corrected chi connectivity index (χ1v) is 6.22. The maximum atomic E-state index is 4.34. The minimum atomic E-state index is 0.0711. The Morgan fingerprint density at radius 2 is 1.76 bits per heavy atom. The van der Waals surface area contributed by atoms with Gasteiger partial charge >= 0.3 is 0 Å². The van der Waals surface area contributed by atoms with Gasteiger partial charge in [0.2, 0.25) is 0 Å². The van der Waals surface area contributed by atoms with E-state index in [1.165, 1.54) is 5.57 Å². The van der Waals surface area contributed by atoms with Crippen LogP contribution < -0.4 is 4.90 Å². The highest BCUT2D eigenvalue weighted by atomic mass is 15.3. The van der Waals surface area contributed by atoms with E-state index in [0.29, 0.717) is 0 Å². The summed E-state index contributed by atoms with van der Waals surface area (Å²) in [4.78, 5) is 2.29. The molecule has 0 aromatic carbocycles. The summed E-state index contributed by atoms with van der Waals surface area (Å²) >= 11 is 0. The third-order valence-corrected chi connectivity index (χ3v) is 3.21. The van der Waals surface area contributed by atoms with E-state index in [1.54, 1.807) is 0 Å². The minimum Gasteiger partial charge on any atom is -0.354 e. The van der Waals surface area contributed by atoms with Crippen LogP contribution in [-0.2, 0) is 5.41 Å². The van der Waals surface area contributed by atoms with Crippen molar-refractivity contribution in [3.63, 3.8) is 0 Å². The van der Waals surface area contributed by atoms with E-state index < -0.39 is 0 Å². The standard InChI is InChI=1S/C14H21N3/c1-11-7-9-17(10-8-11)13-6-5-12(15-16-13)14(2,3)4/h5-6H,1,7-10H2,2-4H3. The lowest BCUT2D eigenvalue weighted by Gasteiger charge is -2.29. The molecule has 0 amide bonds. The van der Waals surface area contributed by atoms with Gasteiger partial charge in [0.15, 0.2) is 5.82 Å². The molecule has 92 valence electrons. The highest BCUT2D eigenvalue weighted by molar-refractivity contribution is 5.39. The number of aromatic nitrogens is 2. The van der Waals surface area contributed by atoms with Gasteiger partial charge in [-0.25, -0.2) is 0 Å². The summed E-state index contributed by atoms with van der Waals surface area (Å²) in [6.45, 7) is 12.5. The smallest absolute Gasteiger partial charge is 0.151 e. The van der Waals surface area contributed by atoms with Gasteiger partial charge in [0, 0.05) is 18.5 Å². The molecule has 1 fully saturated rings. The van der Waals surface area contributed by atoms with E-state index >= 15 is 0 Å². The minimum absolute atomic E-state index is 0.0711. The molecule has 2 rings (SSSR count). The van der Waals surface area contributed by atoms with Gasteiger partial charge in [-0.1, -0.05) is 32.9 Å². The van der Waals surface area contributed by atoms with Crippen molar-refractivity contribution in [2.45, 2.75) is 39.0 Å². The lowest BCUT2D eigenvalue weighted by Crippen LogP contribution is -2.31. The molecule has 1 aliphatic heterocycles. The second-order valence-electron chi connectivity index (χ2n) is 5.76. The van der Waals surface area contributed by atoms with Crippen molar-refractivity contribution in [3.05, 3.63) is 30.0 Å². The number of rotatable bonds is 1. The fraction of sp³-hybridized carbons (Fsp3) is 0.571. The molecule has 1 aromatic heterocycles. The van der Waals surface area contributed by atoms with Gasteiger partial charge in [0.05, 0.1) is 5.69 Å². The zero-order valence-electron chi connectivity index (χ0n) is 11.0. The molecule has 3 nitrogen and oxygen atoms in total. The molecule has 0 aliphatic carbocycles. The van der Waals surface area contributed by atoms with E-state index in [2.05, 4.69) is 54.6 Å². The van der Waals surface area contributed by atoms with Gasteiger partial charge in [-0.15, -0.1) is 5.10 Å². The molecule has 0 bridgehead atoms. The van der Waals surface area contributed by atoms with Crippen LogP contribution >= 0.6 is 0 Å². The normalized spacial score (nSPS) is 17.4. The topological polar surface area (TPSA) is 29.0 Å². The number of nitrogens with zero attached hydrogens (tertiary/aromatic N) is 3. The van der Waals surface area contributed by atoms with Gasteiger partial charge < -0.3 is 4.90 Å². The van der Waals surface area contributed by atoms with Crippen LogP contribution in [0, 0.1) is 0 Å². The Hall–Kier alpha value is -1.38. The molecule has 2 heterocycles. The summed E-state index contributed by atoms with van der Waals surface area (Å²) in [5, 5.41) is 8.67. The maximum absolute atomic E-state index is 4.34. The molecule has 1 aromatic rings. The first kappa shape index (κ1) is 12.1. The summed E-state index contributed by atoms with van der Waals surface area (Å²) < 4.78 is 0. The van der Waals surface area contributed by atoms with Crippen LogP contribution in [0.25, 0.3) is 0 Å². The van der Waals surface area contributed by atoms with Crippen LogP contribution in [0.1, 0.15) is 39.3 Å². The van der Waals surface area contributed by atoms with Crippen LogP contribution in [-0.4, -0.2) is 23.3 Å². The van der Waals surface area contributed by atoms with Gasteiger partial charge in [-0.05, 0) is 25.0 Å². The monoisotopic (exact) mass is 231 g/mol. The van der Waals surface area contributed by atoms with Gasteiger partial charge in [-0.2, -0.15) is 5.10 Å². The maximum Gasteiger partial charge on any atom is 0.151 e. The summed E-state index contributed by atoms with van der Waals surface area (Å²) in [6, 6.07) is 4.17. The Bertz CT molecular complexity index is 390. The van der Waals surface area contributed by atoms with E-state index in [-0.39, 0.29) is 5.41 Å². The average molecular weight is 231 g/mol. The van der Waals surface area contributed by atoms with Crippen molar-refractivity contribution in [2.75, 3.05) is 18.0 Å². The van der Waals surface area contributed by atoms with Crippen LogP contribution in [0.2, 0.25) is 0 Å². The Labute approximate surface area is 104 Å². The molecule has 1 aliphatic rings. The van der Waals surface area contributed by atoms with Crippen molar-refractivity contribution in [2.24, 2.45) is 0 Å². The number of piperidine rings is 1. The van der Waals surface area contributed by atoms with Crippen LogP contribution in [0.4, 0.5) is 5.82 Å². The Kier molecular flexibility index (Phi) is 3.18. The molecule has 0 spiro atoms. The number of hydrogen-bond donors (Lipinski definition) is 0. The zero-order valence-corrected chi connectivity index (χ0v) is 11.0. The van der Waals surface area contributed by atoms with Crippen molar-refractivity contribution in [1.82, 2.24) is 10.2 Å². The lowest BCUT2D eigenvalue weighted by atomic mass is 9.92. The van der Waals surface area contributed by atoms with E-state index in [1.807, 2.05) is 0 Å².